The maximum atomic E-state index is 11.9. The number of allylic oxidation sites excluding steroid dienone is 2. The molecule has 0 bridgehead atoms. The van der Waals surface area contributed by atoms with E-state index in [2.05, 4.69) is 0 Å². The van der Waals surface area contributed by atoms with E-state index in [0.29, 0.717) is 0 Å². The quantitative estimate of drug-likeness (QED) is 0.590. The number of ether oxygens (including phenoxy) is 2. The van der Waals surface area contributed by atoms with Gasteiger partial charge in [-0.25, -0.2) is 0 Å². The molecule has 0 unspecified atom stereocenters. The maximum absolute atomic E-state index is 11.9. The van der Waals surface area contributed by atoms with Crippen LogP contribution < -0.4 is 0 Å². The van der Waals surface area contributed by atoms with Gasteiger partial charge in [-0.1, -0.05) is 0 Å². The predicted octanol–water partition coefficient (Wildman–Crippen LogP) is 0.824. The lowest BCUT2D eigenvalue weighted by molar-refractivity contribution is -0.141. The standard InChI is InChI=1S/C12H14O6/c1-6-8(4-5-18-7(2)13)10(15)12(17-3)11(16)9(6)14/h16H,4-5H2,1-3H3. The molecular weight excluding hydrogens is 240 g/mol. The van der Waals surface area contributed by atoms with Gasteiger partial charge >= 0.3 is 5.97 Å². The molecule has 6 nitrogen and oxygen atoms in total. The summed E-state index contributed by atoms with van der Waals surface area (Å²) in [5.74, 6) is -2.73. The van der Waals surface area contributed by atoms with E-state index < -0.39 is 23.3 Å². The largest absolute Gasteiger partial charge is 0.501 e. The lowest BCUT2D eigenvalue weighted by Crippen LogP contribution is -2.24. The van der Waals surface area contributed by atoms with E-state index in [4.69, 9.17) is 9.47 Å². The monoisotopic (exact) mass is 254 g/mol. The van der Waals surface area contributed by atoms with E-state index >= 15 is 0 Å². The first-order valence-electron chi connectivity index (χ1n) is 5.29. The third-order valence-corrected chi connectivity index (χ3v) is 2.57. The van der Waals surface area contributed by atoms with Crippen molar-refractivity contribution in [2.45, 2.75) is 20.3 Å². The van der Waals surface area contributed by atoms with E-state index in [0.717, 1.165) is 0 Å². The number of rotatable bonds is 4. The van der Waals surface area contributed by atoms with Crippen LogP contribution in [0.15, 0.2) is 22.7 Å². The number of esters is 1. The Morgan fingerprint density at radius 1 is 1.28 bits per heavy atom. The van der Waals surface area contributed by atoms with Crippen LogP contribution in [-0.2, 0) is 23.9 Å². The second-order valence-electron chi connectivity index (χ2n) is 3.73. The van der Waals surface area contributed by atoms with Gasteiger partial charge in [0.05, 0.1) is 13.7 Å². The van der Waals surface area contributed by atoms with Crippen LogP contribution in [0.25, 0.3) is 0 Å². The van der Waals surface area contributed by atoms with Gasteiger partial charge in [0.1, 0.15) is 0 Å². The van der Waals surface area contributed by atoms with Crippen molar-refractivity contribution in [2.75, 3.05) is 13.7 Å². The van der Waals surface area contributed by atoms with E-state index in [1.54, 1.807) is 0 Å². The van der Waals surface area contributed by atoms with Crippen molar-refractivity contribution in [3.05, 3.63) is 22.7 Å². The minimum absolute atomic E-state index is 0.00121. The van der Waals surface area contributed by atoms with E-state index in [1.807, 2.05) is 0 Å². The summed E-state index contributed by atoms with van der Waals surface area (Å²) in [4.78, 5) is 34.2. The molecule has 0 radical (unpaired) electrons. The van der Waals surface area contributed by atoms with Crippen molar-refractivity contribution < 1.29 is 29.0 Å². The van der Waals surface area contributed by atoms with Crippen LogP contribution in [0.1, 0.15) is 20.3 Å². The lowest BCUT2D eigenvalue weighted by Gasteiger charge is -2.18. The van der Waals surface area contributed by atoms with Crippen LogP contribution >= 0.6 is 0 Å². The average molecular weight is 254 g/mol. The molecule has 0 saturated heterocycles. The normalized spacial score (nSPS) is 16.2. The van der Waals surface area contributed by atoms with Crippen LogP contribution in [0, 0.1) is 0 Å². The van der Waals surface area contributed by atoms with E-state index in [1.165, 1.54) is 21.0 Å². The van der Waals surface area contributed by atoms with Gasteiger partial charge in [0, 0.05) is 24.5 Å². The molecule has 1 rings (SSSR count). The summed E-state index contributed by atoms with van der Waals surface area (Å²) >= 11 is 0. The van der Waals surface area contributed by atoms with Gasteiger partial charge in [-0.3, -0.25) is 14.4 Å². The minimum atomic E-state index is -0.684. The van der Waals surface area contributed by atoms with Gasteiger partial charge in [-0.15, -0.1) is 0 Å². The molecule has 1 N–H and O–H groups in total. The zero-order valence-corrected chi connectivity index (χ0v) is 10.4. The second kappa shape index (κ2) is 5.48. The highest BCUT2D eigenvalue weighted by atomic mass is 16.5. The molecular formula is C12H14O6. The molecule has 1 aliphatic rings. The van der Waals surface area contributed by atoms with Crippen molar-refractivity contribution in [1.29, 1.82) is 0 Å². The van der Waals surface area contributed by atoms with Gasteiger partial charge in [0.15, 0.2) is 0 Å². The van der Waals surface area contributed by atoms with Gasteiger partial charge in [0.2, 0.25) is 23.1 Å². The summed E-state index contributed by atoms with van der Waals surface area (Å²) in [6.45, 7) is 2.69. The third-order valence-electron chi connectivity index (χ3n) is 2.57. The first-order chi connectivity index (χ1) is 8.40. The Morgan fingerprint density at radius 3 is 2.39 bits per heavy atom. The summed E-state index contributed by atoms with van der Waals surface area (Å²) in [6, 6.07) is 0. The SMILES string of the molecule is COC1=C(O)C(=O)C(C)=C(CCOC(C)=O)C1=O. The Kier molecular flexibility index (Phi) is 4.25. The molecule has 0 aromatic heterocycles. The number of Topliss-reactive ketones (excluding diaryl/α,β-unsaturated/α-hetero) is 2. The van der Waals surface area contributed by atoms with Crippen LogP contribution in [0.3, 0.4) is 0 Å². The second-order valence-corrected chi connectivity index (χ2v) is 3.73. The highest BCUT2D eigenvalue weighted by molar-refractivity contribution is 6.23. The molecule has 0 amide bonds. The van der Waals surface area contributed by atoms with Crippen molar-refractivity contribution in [1.82, 2.24) is 0 Å². The third kappa shape index (κ3) is 2.58. The number of carbonyl (C=O) groups is 3. The van der Waals surface area contributed by atoms with Gasteiger partial charge < -0.3 is 14.6 Å². The molecule has 18 heavy (non-hydrogen) atoms. The molecule has 0 aliphatic heterocycles. The summed E-state index contributed by atoms with van der Waals surface area (Å²) in [5, 5.41) is 9.47. The number of aliphatic hydroxyl groups excluding tert-OH is 1. The van der Waals surface area contributed by atoms with Gasteiger partial charge in [-0.2, -0.15) is 0 Å². The summed E-state index contributed by atoms with van der Waals surface area (Å²) < 4.78 is 9.43. The number of carbonyl (C=O) groups excluding carboxylic acids is 3. The Bertz CT molecular complexity index is 469. The average Bonchev–Trinajstić information content (AvgIpc) is 2.31. The zero-order valence-electron chi connectivity index (χ0n) is 10.4. The van der Waals surface area contributed by atoms with Crippen molar-refractivity contribution in [3.63, 3.8) is 0 Å². The molecule has 0 spiro atoms. The molecule has 0 heterocycles. The molecule has 0 atom stereocenters. The lowest BCUT2D eigenvalue weighted by atomic mass is 9.91. The Balaban J connectivity index is 2.93. The van der Waals surface area contributed by atoms with Crippen LogP contribution in [-0.4, -0.2) is 36.4 Å². The fraction of sp³-hybridized carbons (Fsp3) is 0.417. The number of hydrogen-bond acceptors (Lipinski definition) is 6. The van der Waals surface area contributed by atoms with Gasteiger partial charge in [0.25, 0.3) is 0 Å². The number of hydrogen-bond donors (Lipinski definition) is 1. The van der Waals surface area contributed by atoms with Crippen molar-refractivity contribution >= 4 is 17.5 Å². The molecule has 0 saturated carbocycles. The van der Waals surface area contributed by atoms with Crippen LogP contribution in [0.2, 0.25) is 0 Å². The summed E-state index contributed by atoms with van der Waals surface area (Å²) in [6.07, 6.45) is 0.107. The number of aliphatic hydroxyl groups is 1. The summed E-state index contributed by atoms with van der Waals surface area (Å²) in [5.41, 5.74) is 0.335. The van der Waals surface area contributed by atoms with Crippen molar-refractivity contribution in [2.24, 2.45) is 0 Å². The Labute approximate surface area is 104 Å². The maximum Gasteiger partial charge on any atom is 0.302 e. The highest BCUT2D eigenvalue weighted by Crippen LogP contribution is 2.25. The smallest absolute Gasteiger partial charge is 0.302 e. The molecule has 0 aromatic carbocycles. The highest BCUT2D eigenvalue weighted by Gasteiger charge is 2.33. The van der Waals surface area contributed by atoms with Crippen LogP contribution in [0.4, 0.5) is 0 Å². The topological polar surface area (TPSA) is 89.9 Å². The first-order valence-corrected chi connectivity index (χ1v) is 5.29. The molecule has 6 heteroatoms. The van der Waals surface area contributed by atoms with Crippen molar-refractivity contribution in [3.8, 4) is 0 Å². The fourth-order valence-corrected chi connectivity index (χ4v) is 1.62. The molecule has 0 fully saturated rings. The first kappa shape index (κ1) is 14.0. The predicted molar refractivity (Wildman–Crippen MR) is 60.6 cm³/mol. The van der Waals surface area contributed by atoms with Crippen LogP contribution in [0.5, 0.6) is 0 Å². The van der Waals surface area contributed by atoms with Gasteiger partial charge in [-0.05, 0) is 6.92 Å². The fourth-order valence-electron chi connectivity index (χ4n) is 1.62. The minimum Gasteiger partial charge on any atom is -0.501 e. The molecule has 1 aliphatic carbocycles. The molecule has 0 aromatic rings. The van der Waals surface area contributed by atoms with E-state index in [9.17, 15) is 19.5 Å². The Hall–Kier alpha value is -2.11. The Morgan fingerprint density at radius 2 is 1.89 bits per heavy atom. The number of ketones is 2. The van der Waals surface area contributed by atoms with E-state index in [-0.39, 0.29) is 29.9 Å². The number of methoxy groups -OCH3 is 1. The zero-order chi connectivity index (χ0) is 13.9. The summed E-state index contributed by atoms with van der Waals surface area (Å²) in [7, 11) is 1.20. The molecule has 98 valence electrons.